The van der Waals surface area contributed by atoms with Crippen LogP contribution in [0.5, 0.6) is 0 Å². The molecule has 3 aromatic carbocycles. The lowest BCUT2D eigenvalue weighted by atomic mass is 10.2. The molecule has 3 rings (SSSR count). The number of hydrogen-bond acceptors (Lipinski definition) is 4. The molecule has 0 aliphatic rings. The van der Waals surface area contributed by atoms with E-state index < -0.39 is 10.0 Å². The van der Waals surface area contributed by atoms with E-state index in [1.165, 1.54) is 18.2 Å². The number of aryl methyl sites for hydroxylation is 1. The summed E-state index contributed by atoms with van der Waals surface area (Å²) >= 11 is 13.7. The normalized spacial score (nSPS) is 11.2. The number of thioether (sulfide) groups is 1. The smallest absolute Gasteiger partial charge is 0.263 e. The van der Waals surface area contributed by atoms with Crippen LogP contribution in [0.2, 0.25) is 10.0 Å². The number of anilines is 1. The van der Waals surface area contributed by atoms with Gasteiger partial charge >= 0.3 is 0 Å². The van der Waals surface area contributed by atoms with Crippen LogP contribution in [-0.2, 0) is 15.8 Å². The standard InChI is InChI=1S/C23H22Cl2N2O3S2/c1-16-2-9-20(10-3-16)27-32(29,30)22-14-18(6-11-21(22)25)23(28)26-12-13-31-15-17-4-7-19(24)8-5-17/h2-11,14,27H,12-13,15H2,1H3,(H,26,28). The molecule has 0 aliphatic heterocycles. The molecule has 0 aliphatic carbocycles. The number of benzene rings is 3. The van der Waals surface area contributed by atoms with Crippen molar-refractivity contribution in [1.29, 1.82) is 0 Å². The van der Waals surface area contributed by atoms with Gasteiger partial charge in [0.25, 0.3) is 15.9 Å². The lowest BCUT2D eigenvalue weighted by Gasteiger charge is -2.12. The summed E-state index contributed by atoms with van der Waals surface area (Å²) < 4.78 is 28.1. The molecule has 9 heteroatoms. The van der Waals surface area contributed by atoms with Crippen LogP contribution in [0.25, 0.3) is 0 Å². The monoisotopic (exact) mass is 508 g/mol. The van der Waals surface area contributed by atoms with Gasteiger partial charge in [0, 0.05) is 34.3 Å². The maximum Gasteiger partial charge on any atom is 0.263 e. The molecule has 0 atom stereocenters. The molecule has 0 radical (unpaired) electrons. The fourth-order valence-electron chi connectivity index (χ4n) is 2.79. The van der Waals surface area contributed by atoms with E-state index in [-0.39, 0.29) is 21.4 Å². The summed E-state index contributed by atoms with van der Waals surface area (Å²) in [5.41, 5.74) is 2.80. The molecule has 1 amide bonds. The van der Waals surface area contributed by atoms with E-state index in [9.17, 15) is 13.2 Å². The number of hydrogen-bond donors (Lipinski definition) is 2. The molecule has 0 unspecified atom stereocenters. The predicted octanol–water partition coefficient (Wildman–Crippen LogP) is 5.77. The van der Waals surface area contributed by atoms with Crippen molar-refractivity contribution in [3.05, 3.63) is 93.5 Å². The van der Waals surface area contributed by atoms with E-state index in [1.54, 1.807) is 36.0 Å². The Morgan fingerprint density at radius 3 is 2.34 bits per heavy atom. The number of carbonyl (C=O) groups excluding carboxylic acids is 1. The van der Waals surface area contributed by atoms with Gasteiger partial charge in [-0.1, -0.05) is 53.0 Å². The Morgan fingerprint density at radius 2 is 1.66 bits per heavy atom. The SMILES string of the molecule is Cc1ccc(NS(=O)(=O)c2cc(C(=O)NCCSCc3ccc(Cl)cc3)ccc2Cl)cc1. The van der Waals surface area contributed by atoms with Crippen molar-refractivity contribution in [2.75, 3.05) is 17.0 Å². The second-order valence-electron chi connectivity index (χ2n) is 7.05. The Morgan fingerprint density at radius 1 is 0.969 bits per heavy atom. The molecule has 0 saturated heterocycles. The molecular formula is C23H22Cl2N2O3S2. The molecule has 2 N–H and O–H groups in total. The third kappa shape index (κ3) is 6.90. The number of nitrogens with one attached hydrogen (secondary N) is 2. The fraction of sp³-hybridized carbons (Fsp3) is 0.174. The lowest BCUT2D eigenvalue weighted by molar-refractivity contribution is 0.0956. The van der Waals surface area contributed by atoms with Crippen LogP contribution in [0.1, 0.15) is 21.5 Å². The minimum absolute atomic E-state index is 0.0414. The van der Waals surface area contributed by atoms with Gasteiger partial charge in [-0.2, -0.15) is 11.8 Å². The summed E-state index contributed by atoms with van der Waals surface area (Å²) in [5.74, 6) is 1.16. The predicted molar refractivity (Wildman–Crippen MR) is 133 cm³/mol. The van der Waals surface area contributed by atoms with Crippen LogP contribution in [-0.4, -0.2) is 26.6 Å². The van der Waals surface area contributed by atoms with Crippen LogP contribution in [0.3, 0.4) is 0 Å². The van der Waals surface area contributed by atoms with E-state index >= 15 is 0 Å². The highest BCUT2D eigenvalue weighted by Crippen LogP contribution is 2.25. The number of amides is 1. The largest absolute Gasteiger partial charge is 0.351 e. The number of sulfonamides is 1. The summed E-state index contributed by atoms with van der Waals surface area (Å²) in [7, 11) is -3.95. The van der Waals surface area contributed by atoms with E-state index in [0.717, 1.165) is 16.9 Å². The van der Waals surface area contributed by atoms with Crippen molar-refractivity contribution in [3.8, 4) is 0 Å². The summed E-state index contributed by atoms with van der Waals surface area (Å²) in [6, 6.07) is 18.8. The van der Waals surface area contributed by atoms with Gasteiger partial charge < -0.3 is 5.32 Å². The average Bonchev–Trinajstić information content (AvgIpc) is 2.76. The quantitative estimate of drug-likeness (QED) is 0.360. The highest BCUT2D eigenvalue weighted by molar-refractivity contribution is 7.98. The fourth-order valence-corrected chi connectivity index (χ4v) is 5.32. The third-order valence-corrected chi connectivity index (χ3v) is 7.65. The lowest BCUT2D eigenvalue weighted by Crippen LogP contribution is -2.26. The second kappa shape index (κ2) is 11.1. The zero-order valence-corrected chi connectivity index (χ0v) is 20.4. The van der Waals surface area contributed by atoms with Crippen LogP contribution in [0.15, 0.2) is 71.6 Å². The molecule has 0 bridgehead atoms. The molecule has 5 nitrogen and oxygen atoms in total. The van der Waals surface area contributed by atoms with E-state index in [1.807, 2.05) is 31.2 Å². The van der Waals surface area contributed by atoms with Gasteiger partial charge in [-0.3, -0.25) is 9.52 Å². The first-order chi connectivity index (χ1) is 15.2. The molecule has 0 fully saturated rings. The summed E-state index contributed by atoms with van der Waals surface area (Å²) in [6.07, 6.45) is 0. The highest BCUT2D eigenvalue weighted by Gasteiger charge is 2.20. The number of halogens is 2. The number of carbonyl (C=O) groups is 1. The highest BCUT2D eigenvalue weighted by atomic mass is 35.5. The van der Waals surface area contributed by atoms with Crippen LogP contribution in [0.4, 0.5) is 5.69 Å². The Hall–Kier alpha value is -2.19. The van der Waals surface area contributed by atoms with Crippen molar-refractivity contribution in [2.45, 2.75) is 17.6 Å². The molecule has 0 saturated carbocycles. The number of rotatable bonds is 9. The maximum atomic E-state index is 12.8. The first-order valence-electron chi connectivity index (χ1n) is 9.74. The second-order valence-corrected chi connectivity index (χ2v) is 10.7. The average molecular weight is 509 g/mol. The minimum atomic E-state index is -3.95. The molecule has 168 valence electrons. The Balaban J connectivity index is 1.58. The summed E-state index contributed by atoms with van der Waals surface area (Å²) in [4.78, 5) is 12.4. The Bertz CT molecular complexity index is 1180. The van der Waals surface area contributed by atoms with Crippen LogP contribution in [0, 0.1) is 6.92 Å². The molecule has 32 heavy (non-hydrogen) atoms. The minimum Gasteiger partial charge on any atom is -0.351 e. The van der Waals surface area contributed by atoms with Crippen molar-refractivity contribution in [3.63, 3.8) is 0 Å². The first-order valence-corrected chi connectivity index (χ1v) is 13.1. The van der Waals surface area contributed by atoms with E-state index in [0.29, 0.717) is 23.0 Å². The van der Waals surface area contributed by atoms with Crippen molar-refractivity contribution < 1.29 is 13.2 Å². The zero-order chi connectivity index (χ0) is 23.1. The van der Waals surface area contributed by atoms with Gasteiger partial charge in [0.1, 0.15) is 4.90 Å². The van der Waals surface area contributed by atoms with E-state index in [4.69, 9.17) is 23.2 Å². The van der Waals surface area contributed by atoms with E-state index in [2.05, 4.69) is 10.0 Å². The molecule has 0 heterocycles. The van der Waals surface area contributed by atoms with Gasteiger partial charge in [-0.05, 0) is 55.0 Å². The Kier molecular flexibility index (Phi) is 8.48. The van der Waals surface area contributed by atoms with Crippen molar-refractivity contribution in [2.24, 2.45) is 0 Å². The molecule has 0 aromatic heterocycles. The summed E-state index contributed by atoms with van der Waals surface area (Å²) in [5, 5.41) is 3.55. The van der Waals surface area contributed by atoms with Crippen LogP contribution >= 0.6 is 35.0 Å². The summed E-state index contributed by atoms with van der Waals surface area (Å²) in [6.45, 7) is 2.36. The maximum absolute atomic E-state index is 12.8. The van der Waals surface area contributed by atoms with Gasteiger partial charge in [0.15, 0.2) is 0 Å². The topological polar surface area (TPSA) is 75.3 Å². The molecular weight excluding hydrogens is 487 g/mol. The zero-order valence-electron chi connectivity index (χ0n) is 17.3. The van der Waals surface area contributed by atoms with Gasteiger partial charge in [-0.15, -0.1) is 0 Å². The van der Waals surface area contributed by atoms with Gasteiger partial charge in [0.2, 0.25) is 0 Å². The van der Waals surface area contributed by atoms with Gasteiger partial charge in [0.05, 0.1) is 5.02 Å². The van der Waals surface area contributed by atoms with Crippen molar-refractivity contribution in [1.82, 2.24) is 5.32 Å². The van der Waals surface area contributed by atoms with Crippen molar-refractivity contribution >= 4 is 56.6 Å². The Labute approximate surface area is 202 Å². The molecule has 3 aromatic rings. The third-order valence-electron chi connectivity index (χ3n) is 4.50. The first kappa shape index (κ1) is 24.5. The molecule has 0 spiro atoms. The van der Waals surface area contributed by atoms with Gasteiger partial charge in [-0.25, -0.2) is 8.42 Å². The van der Waals surface area contributed by atoms with Crippen LogP contribution < -0.4 is 10.0 Å².